The van der Waals surface area contributed by atoms with Gasteiger partial charge in [-0.3, -0.25) is 4.57 Å². The quantitative estimate of drug-likeness (QED) is 0.282. The highest BCUT2D eigenvalue weighted by molar-refractivity contribution is 7.98. The lowest BCUT2D eigenvalue weighted by Gasteiger charge is -2.17. The summed E-state index contributed by atoms with van der Waals surface area (Å²) in [7, 11) is 0. The number of halogens is 1. The molecule has 0 aliphatic carbocycles. The van der Waals surface area contributed by atoms with E-state index in [1.807, 2.05) is 35.8 Å². The van der Waals surface area contributed by atoms with Gasteiger partial charge in [0, 0.05) is 22.2 Å². The van der Waals surface area contributed by atoms with Crippen LogP contribution in [0.4, 0.5) is 10.5 Å². The van der Waals surface area contributed by atoms with E-state index in [-0.39, 0.29) is 12.1 Å². The van der Waals surface area contributed by atoms with Crippen molar-refractivity contribution >= 4 is 35.1 Å². The second kappa shape index (κ2) is 10.8. The number of carbonyl (C=O) groups excluding carboxylic acids is 1. The number of amides is 2. The number of hydrogen-bond donors (Lipinski definition) is 2. The van der Waals surface area contributed by atoms with Gasteiger partial charge in [0.15, 0.2) is 11.0 Å². The maximum Gasteiger partial charge on any atom is 0.319 e. The first-order valence-electron chi connectivity index (χ1n) is 10.9. The van der Waals surface area contributed by atoms with Crippen molar-refractivity contribution in [3.8, 4) is 5.69 Å². The first-order chi connectivity index (χ1) is 16.4. The van der Waals surface area contributed by atoms with Crippen LogP contribution in [0.15, 0.2) is 78.0 Å². The van der Waals surface area contributed by atoms with Gasteiger partial charge in [-0.05, 0) is 62.2 Å². The Morgan fingerprint density at radius 2 is 1.79 bits per heavy atom. The monoisotopic (exact) mass is 491 g/mol. The van der Waals surface area contributed by atoms with Gasteiger partial charge in [-0.25, -0.2) is 4.79 Å². The van der Waals surface area contributed by atoms with Crippen molar-refractivity contribution in [1.82, 2.24) is 20.1 Å². The predicted octanol–water partition coefficient (Wildman–Crippen LogP) is 6.71. The molecule has 174 valence electrons. The number of benzene rings is 3. The highest BCUT2D eigenvalue weighted by atomic mass is 35.5. The van der Waals surface area contributed by atoms with Crippen LogP contribution in [0.3, 0.4) is 0 Å². The molecule has 0 bridgehead atoms. The normalized spacial score (nSPS) is 11.8. The van der Waals surface area contributed by atoms with E-state index < -0.39 is 0 Å². The van der Waals surface area contributed by atoms with E-state index in [9.17, 15) is 4.79 Å². The number of anilines is 1. The third kappa shape index (κ3) is 5.79. The fourth-order valence-corrected chi connectivity index (χ4v) is 4.73. The average molecular weight is 492 g/mol. The Morgan fingerprint density at radius 1 is 1.03 bits per heavy atom. The summed E-state index contributed by atoms with van der Waals surface area (Å²) in [6.07, 6.45) is 0. The third-order valence-electron chi connectivity index (χ3n) is 5.39. The first-order valence-corrected chi connectivity index (χ1v) is 12.3. The molecule has 2 N–H and O–H groups in total. The van der Waals surface area contributed by atoms with Crippen LogP contribution >= 0.6 is 23.4 Å². The van der Waals surface area contributed by atoms with Crippen molar-refractivity contribution in [2.24, 2.45) is 0 Å². The summed E-state index contributed by atoms with van der Waals surface area (Å²) in [5.74, 6) is 1.42. The fraction of sp³-hybridized carbons (Fsp3) is 0.192. The zero-order valence-corrected chi connectivity index (χ0v) is 20.8. The molecule has 34 heavy (non-hydrogen) atoms. The number of urea groups is 1. The van der Waals surface area contributed by atoms with Crippen LogP contribution in [0.2, 0.25) is 5.02 Å². The second-order valence-electron chi connectivity index (χ2n) is 8.06. The Balaban J connectivity index is 1.57. The summed E-state index contributed by atoms with van der Waals surface area (Å²) in [6.45, 7) is 6.05. The van der Waals surface area contributed by atoms with Crippen LogP contribution in [0, 0.1) is 13.8 Å². The Labute approximate surface area is 208 Å². The van der Waals surface area contributed by atoms with Crippen molar-refractivity contribution in [2.45, 2.75) is 37.7 Å². The minimum absolute atomic E-state index is 0.345. The molecule has 8 heteroatoms. The Hall–Kier alpha value is -3.29. The Kier molecular flexibility index (Phi) is 7.55. The van der Waals surface area contributed by atoms with Crippen molar-refractivity contribution in [3.63, 3.8) is 0 Å². The molecule has 1 atom stereocenters. The van der Waals surface area contributed by atoms with Crippen molar-refractivity contribution < 1.29 is 4.79 Å². The predicted molar refractivity (Wildman–Crippen MR) is 139 cm³/mol. The van der Waals surface area contributed by atoms with Gasteiger partial charge in [0.25, 0.3) is 0 Å². The van der Waals surface area contributed by atoms with Crippen LogP contribution in [-0.2, 0) is 5.75 Å². The van der Waals surface area contributed by atoms with Gasteiger partial charge >= 0.3 is 6.03 Å². The van der Waals surface area contributed by atoms with Gasteiger partial charge in [-0.2, -0.15) is 0 Å². The molecule has 2 amide bonds. The molecular weight excluding hydrogens is 466 g/mol. The molecule has 1 heterocycles. The summed E-state index contributed by atoms with van der Waals surface area (Å²) < 4.78 is 2.01. The topological polar surface area (TPSA) is 71.8 Å². The molecule has 0 aliphatic heterocycles. The van der Waals surface area contributed by atoms with E-state index in [2.05, 4.69) is 58.9 Å². The minimum Gasteiger partial charge on any atom is -0.328 e. The molecule has 4 rings (SSSR count). The SMILES string of the molecule is Cc1ccc(-n2c(SCc3ccccc3C)nnc2C(C)NC(=O)Nc2cccc(Cl)c2)cc1. The molecule has 0 spiro atoms. The smallest absolute Gasteiger partial charge is 0.319 e. The van der Waals surface area contributed by atoms with Crippen LogP contribution < -0.4 is 10.6 Å². The second-order valence-corrected chi connectivity index (χ2v) is 9.44. The summed E-state index contributed by atoms with van der Waals surface area (Å²) in [4.78, 5) is 12.6. The third-order valence-corrected chi connectivity index (χ3v) is 6.60. The van der Waals surface area contributed by atoms with Gasteiger partial charge < -0.3 is 10.6 Å². The number of aromatic nitrogens is 3. The van der Waals surface area contributed by atoms with Gasteiger partial charge in [0.2, 0.25) is 0 Å². The van der Waals surface area contributed by atoms with Crippen LogP contribution in [0.5, 0.6) is 0 Å². The van der Waals surface area contributed by atoms with Gasteiger partial charge in [-0.1, -0.05) is 71.4 Å². The number of nitrogens with one attached hydrogen (secondary N) is 2. The average Bonchev–Trinajstić information content (AvgIpc) is 3.23. The maximum atomic E-state index is 12.6. The van der Waals surface area contributed by atoms with E-state index in [0.29, 0.717) is 16.5 Å². The van der Waals surface area contributed by atoms with Crippen molar-refractivity contribution in [1.29, 1.82) is 0 Å². The standard InChI is InChI=1S/C26H26ClN5OS/c1-17-11-13-23(14-12-17)32-24(19(3)28-25(33)29-22-10-6-9-21(27)15-22)30-31-26(32)34-16-20-8-5-4-7-18(20)2/h4-15,19H,16H2,1-3H3,(H2,28,29,33). The lowest BCUT2D eigenvalue weighted by atomic mass is 10.1. The van der Waals surface area contributed by atoms with Crippen LogP contribution in [0.25, 0.3) is 5.69 Å². The molecule has 0 saturated carbocycles. The van der Waals surface area contributed by atoms with E-state index in [4.69, 9.17) is 11.6 Å². The highest BCUT2D eigenvalue weighted by Crippen LogP contribution is 2.28. The molecule has 0 fully saturated rings. The molecule has 3 aromatic carbocycles. The number of nitrogens with zero attached hydrogens (tertiary/aromatic N) is 3. The lowest BCUT2D eigenvalue weighted by molar-refractivity contribution is 0.249. The molecule has 1 unspecified atom stereocenters. The largest absolute Gasteiger partial charge is 0.328 e. The highest BCUT2D eigenvalue weighted by Gasteiger charge is 2.21. The minimum atomic E-state index is -0.388. The molecular formula is C26H26ClN5OS. The zero-order chi connectivity index (χ0) is 24.1. The van der Waals surface area contributed by atoms with Gasteiger partial charge in [0.1, 0.15) is 0 Å². The number of carbonyl (C=O) groups is 1. The van der Waals surface area contributed by atoms with E-state index in [1.54, 1.807) is 36.0 Å². The number of aryl methyl sites for hydroxylation is 2. The molecule has 0 saturated heterocycles. The van der Waals surface area contributed by atoms with E-state index >= 15 is 0 Å². The molecule has 6 nitrogen and oxygen atoms in total. The zero-order valence-electron chi connectivity index (χ0n) is 19.2. The molecule has 1 aromatic heterocycles. The van der Waals surface area contributed by atoms with E-state index in [0.717, 1.165) is 16.6 Å². The Bertz CT molecular complexity index is 1290. The van der Waals surface area contributed by atoms with Crippen molar-refractivity contribution in [3.05, 3.63) is 100 Å². The molecule has 0 aliphatic rings. The van der Waals surface area contributed by atoms with E-state index in [1.165, 1.54) is 16.7 Å². The summed E-state index contributed by atoms with van der Waals surface area (Å²) >= 11 is 7.64. The fourth-order valence-electron chi connectivity index (χ4n) is 3.50. The van der Waals surface area contributed by atoms with Gasteiger partial charge in [-0.15, -0.1) is 10.2 Å². The Morgan fingerprint density at radius 3 is 2.53 bits per heavy atom. The molecule has 0 radical (unpaired) electrons. The first kappa shape index (κ1) is 23.9. The van der Waals surface area contributed by atoms with Crippen LogP contribution in [-0.4, -0.2) is 20.8 Å². The number of rotatable bonds is 7. The number of thioether (sulfide) groups is 1. The van der Waals surface area contributed by atoms with Gasteiger partial charge in [0.05, 0.1) is 6.04 Å². The molecule has 4 aromatic rings. The summed E-state index contributed by atoms with van der Waals surface area (Å²) in [6, 6.07) is 22.8. The van der Waals surface area contributed by atoms with Crippen molar-refractivity contribution in [2.75, 3.05) is 5.32 Å². The maximum absolute atomic E-state index is 12.6. The lowest BCUT2D eigenvalue weighted by Crippen LogP contribution is -2.32. The summed E-state index contributed by atoms with van der Waals surface area (Å²) in [5, 5.41) is 16.0. The number of hydrogen-bond acceptors (Lipinski definition) is 4. The summed E-state index contributed by atoms with van der Waals surface area (Å²) in [5.41, 5.74) is 5.22. The van der Waals surface area contributed by atoms with Crippen LogP contribution in [0.1, 0.15) is 35.5 Å².